The average molecular weight is 458 g/mol. The molecule has 3 aromatic carbocycles. The summed E-state index contributed by atoms with van der Waals surface area (Å²) in [5.74, 6) is -0.547. The molecule has 0 saturated heterocycles. The van der Waals surface area contributed by atoms with Gasteiger partial charge >= 0.3 is 6.18 Å². The van der Waals surface area contributed by atoms with Crippen molar-refractivity contribution < 1.29 is 32.6 Å². The highest BCUT2D eigenvalue weighted by atomic mass is 19.4. The van der Waals surface area contributed by atoms with E-state index in [2.05, 4.69) is 10.6 Å². The molecule has 9 heteroatoms. The molecule has 2 amide bonds. The van der Waals surface area contributed by atoms with Gasteiger partial charge in [-0.1, -0.05) is 18.2 Å². The normalized spacial score (nSPS) is 12.0. The van der Waals surface area contributed by atoms with Crippen LogP contribution in [0.15, 0.2) is 72.8 Å². The molecule has 3 rings (SSSR count). The Bertz CT molecular complexity index is 1130. The number of hydrogen-bond acceptors (Lipinski definition) is 4. The van der Waals surface area contributed by atoms with Gasteiger partial charge in [0.05, 0.1) is 11.6 Å². The number of ether oxygens (including phenoxy) is 1. The number of amides is 2. The molecule has 0 radical (unpaired) electrons. The number of hydrogen-bond donors (Lipinski definition) is 3. The molecule has 1 unspecified atom stereocenters. The molecule has 6 nitrogen and oxygen atoms in total. The number of nitrogens with one attached hydrogen (secondary N) is 2. The zero-order valence-corrected chi connectivity index (χ0v) is 17.5. The molecular formula is C24H21F3N2O4. The number of alkyl halides is 3. The smallest absolute Gasteiger partial charge is 0.416 e. The molecule has 0 fully saturated rings. The third-order valence-corrected chi connectivity index (χ3v) is 4.68. The maximum atomic E-state index is 12.8. The molecule has 33 heavy (non-hydrogen) atoms. The second-order valence-electron chi connectivity index (χ2n) is 7.23. The van der Waals surface area contributed by atoms with Crippen molar-refractivity contribution in [1.29, 1.82) is 0 Å². The van der Waals surface area contributed by atoms with Gasteiger partial charge in [0, 0.05) is 11.3 Å². The third kappa shape index (κ3) is 6.73. The van der Waals surface area contributed by atoms with E-state index < -0.39 is 24.3 Å². The van der Waals surface area contributed by atoms with E-state index in [0.29, 0.717) is 11.3 Å². The van der Waals surface area contributed by atoms with Gasteiger partial charge in [-0.05, 0) is 67.1 Å². The Labute approximate surface area is 188 Å². The van der Waals surface area contributed by atoms with Crippen LogP contribution in [0.1, 0.15) is 34.5 Å². The summed E-state index contributed by atoms with van der Waals surface area (Å²) < 4.78 is 43.6. The standard InChI is InChI=1S/C24H21F3N2O4/c1-15(17-4-2-7-20(30)12-17)28-23(32)16-8-10-21(11-9-16)33-14-22(31)29-19-6-3-5-18(13-19)24(25,26)27/h2-13,15,30H,14H2,1H3,(H,28,32)(H,29,31). The van der Waals surface area contributed by atoms with E-state index in [1.165, 1.54) is 42.5 Å². The largest absolute Gasteiger partial charge is 0.508 e. The molecule has 3 N–H and O–H groups in total. The molecule has 1 atom stereocenters. The van der Waals surface area contributed by atoms with Crippen molar-refractivity contribution in [3.63, 3.8) is 0 Å². The molecule has 172 valence electrons. The Hall–Kier alpha value is -4.01. The van der Waals surface area contributed by atoms with Gasteiger partial charge in [0.2, 0.25) is 0 Å². The van der Waals surface area contributed by atoms with Crippen LogP contribution in [0.3, 0.4) is 0 Å². The average Bonchev–Trinajstić information content (AvgIpc) is 2.77. The van der Waals surface area contributed by atoms with Crippen LogP contribution in [-0.2, 0) is 11.0 Å². The molecule has 0 aliphatic carbocycles. The second-order valence-corrected chi connectivity index (χ2v) is 7.23. The van der Waals surface area contributed by atoms with Crippen molar-refractivity contribution in [2.75, 3.05) is 11.9 Å². The summed E-state index contributed by atoms with van der Waals surface area (Å²) in [5.41, 5.74) is 0.248. The number of benzene rings is 3. The van der Waals surface area contributed by atoms with Crippen LogP contribution in [0.25, 0.3) is 0 Å². The first kappa shape index (κ1) is 23.6. The predicted octanol–water partition coefficient (Wildman–Crippen LogP) is 4.92. The minimum atomic E-state index is -4.51. The summed E-state index contributed by atoms with van der Waals surface area (Å²) >= 11 is 0. The molecule has 0 heterocycles. The molecule has 0 aliphatic heterocycles. The van der Waals surface area contributed by atoms with Crippen molar-refractivity contribution in [3.8, 4) is 11.5 Å². The topological polar surface area (TPSA) is 87.7 Å². The first-order valence-corrected chi connectivity index (χ1v) is 9.91. The summed E-state index contributed by atoms with van der Waals surface area (Å²) in [5, 5.41) is 14.7. The van der Waals surface area contributed by atoms with Crippen molar-refractivity contribution >= 4 is 17.5 Å². The summed E-state index contributed by atoms with van der Waals surface area (Å²) in [4.78, 5) is 24.4. The highest BCUT2D eigenvalue weighted by Gasteiger charge is 2.30. The lowest BCUT2D eigenvalue weighted by molar-refractivity contribution is -0.137. The van der Waals surface area contributed by atoms with Crippen LogP contribution in [0.5, 0.6) is 11.5 Å². The SMILES string of the molecule is CC(NC(=O)c1ccc(OCC(=O)Nc2cccc(C(F)(F)F)c2)cc1)c1cccc(O)c1. The van der Waals surface area contributed by atoms with Gasteiger partial charge in [0.25, 0.3) is 11.8 Å². The second kappa shape index (κ2) is 10.1. The predicted molar refractivity (Wildman–Crippen MR) is 116 cm³/mol. The van der Waals surface area contributed by atoms with Crippen LogP contribution in [-0.4, -0.2) is 23.5 Å². The minimum Gasteiger partial charge on any atom is -0.508 e. The fraction of sp³-hybridized carbons (Fsp3) is 0.167. The molecule has 0 aromatic heterocycles. The molecule has 3 aromatic rings. The van der Waals surface area contributed by atoms with Gasteiger partial charge in [-0.15, -0.1) is 0 Å². The Balaban J connectivity index is 1.52. The number of phenols is 1. The summed E-state index contributed by atoms with van der Waals surface area (Å²) in [7, 11) is 0. The Morgan fingerprint density at radius 1 is 1.00 bits per heavy atom. The first-order chi connectivity index (χ1) is 15.6. The summed E-state index contributed by atoms with van der Waals surface area (Å²) in [6.07, 6.45) is -4.51. The quantitative estimate of drug-likeness (QED) is 0.469. The monoisotopic (exact) mass is 458 g/mol. The maximum Gasteiger partial charge on any atom is 0.416 e. The van der Waals surface area contributed by atoms with E-state index in [-0.39, 0.29) is 23.4 Å². The lowest BCUT2D eigenvalue weighted by Crippen LogP contribution is -2.26. The van der Waals surface area contributed by atoms with Crippen molar-refractivity contribution in [3.05, 3.63) is 89.5 Å². The van der Waals surface area contributed by atoms with E-state index in [9.17, 15) is 27.9 Å². The fourth-order valence-electron chi connectivity index (χ4n) is 2.98. The van der Waals surface area contributed by atoms with Crippen molar-refractivity contribution in [1.82, 2.24) is 5.32 Å². The lowest BCUT2D eigenvalue weighted by atomic mass is 10.1. The van der Waals surface area contributed by atoms with Gasteiger partial charge in [-0.25, -0.2) is 0 Å². The molecule has 0 saturated carbocycles. The number of phenolic OH excluding ortho intramolecular Hbond substituents is 1. The molecule has 0 spiro atoms. The van der Waals surface area contributed by atoms with Crippen LogP contribution in [0.4, 0.5) is 18.9 Å². The van der Waals surface area contributed by atoms with Crippen molar-refractivity contribution in [2.45, 2.75) is 19.1 Å². The van der Waals surface area contributed by atoms with Gasteiger partial charge in [-0.2, -0.15) is 13.2 Å². The van der Waals surface area contributed by atoms with Crippen LogP contribution in [0.2, 0.25) is 0 Å². The Kier molecular flexibility index (Phi) is 7.22. The summed E-state index contributed by atoms with van der Waals surface area (Å²) in [6.45, 7) is 1.36. The number of anilines is 1. The van der Waals surface area contributed by atoms with Gasteiger partial charge in [0.1, 0.15) is 11.5 Å². The zero-order valence-electron chi connectivity index (χ0n) is 17.5. The number of halogens is 3. The Morgan fingerprint density at radius 2 is 1.70 bits per heavy atom. The van der Waals surface area contributed by atoms with Gasteiger partial charge in [-0.3, -0.25) is 9.59 Å². The van der Waals surface area contributed by atoms with Crippen molar-refractivity contribution in [2.24, 2.45) is 0 Å². The zero-order chi connectivity index (χ0) is 24.0. The fourth-order valence-corrected chi connectivity index (χ4v) is 2.98. The summed E-state index contributed by atoms with van der Waals surface area (Å²) in [6, 6.07) is 16.6. The van der Waals surface area contributed by atoms with Gasteiger partial charge < -0.3 is 20.5 Å². The highest BCUT2D eigenvalue weighted by Crippen LogP contribution is 2.30. The van der Waals surface area contributed by atoms with E-state index in [4.69, 9.17) is 4.74 Å². The lowest BCUT2D eigenvalue weighted by Gasteiger charge is -2.15. The number of carbonyl (C=O) groups is 2. The molecular weight excluding hydrogens is 437 g/mol. The molecule has 0 bridgehead atoms. The van der Waals surface area contributed by atoms with Crippen LogP contribution in [0, 0.1) is 0 Å². The number of rotatable bonds is 7. The Morgan fingerprint density at radius 3 is 2.36 bits per heavy atom. The first-order valence-electron chi connectivity index (χ1n) is 9.91. The number of carbonyl (C=O) groups excluding carboxylic acids is 2. The van der Waals surface area contributed by atoms with Gasteiger partial charge in [0.15, 0.2) is 6.61 Å². The third-order valence-electron chi connectivity index (χ3n) is 4.68. The van der Waals surface area contributed by atoms with Crippen LogP contribution < -0.4 is 15.4 Å². The number of aromatic hydroxyl groups is 1. The molecule has 0 aliphatic rings. The van der Waals surface area contributed by atoms with Crippen LogP contribution >= 0.6 is 0 Å². The van der Waals surface area contributed by atoms with E-state index in [1.54, 1.807) is 25.1 Å². The highest BCUT2D eigenvalue weighted by molar-refractivity contribution is 5.94. The van der Waals surface area contributed by atoms with E-state index in [0.717, 1.165) is 17.7 Å². The van der Waals surface area contributed by atoms with E-state index in [1.807, 2.05) is 0 Å². The van der Waals surface area contributed by atoms with E-state index >= 15 is 0 Å². The minimum absolute atomic E-state index is 0.00583. The maximum absolute atomic E-state index is 12.8.